The highest BCUT2D eigenvalue weighted by Crippen LogP contribution is 2.61. The van der Waals surface area contributed by atoms with Crippen molar-refractivity contribution < 1.29 is 9.53 Å². The molecule has 7 heteroatoms. The Bertz CT molecular complexity index is 1400. The summed E-state index contributed by atoms with van der Waals surface area (Å²) in [6.45, 7) is 11.9. The van der Waals surface area contributed by atoms with Crippen LogP contribution in [0, 0.1) is 24.2 Å². The average molecular weight is 482 g/mol. The van der Waals surface area contributed by atoms with Gasteiger partial charge in [-0.2, -0.15) is 0 Å². The third kappa shape index (κ3) is 4.33. The SMILES string of the molecule is C=CC(=O)N1C[C@@H]2[C@H](C1)C2(C)C.Cc1nc(-c2ccc(Oc3ccccc3)cc2)c2c(N)nccn12. The zero-order valence-electron chi connectivity index (χ0n) is 20.9. The normalized spacial score (nSPS) is 19.2. The van der Waals surface area contributed by atoms with Crippen LogP contribution >= 0.6 is 0 Å². The monoisotopic (exact) mass is 481 g/mol. The summed E-state index contributed by atoms with van der Waals surface area (Å²) in [5.41, 5.74) is 9.16. The Morgan fingerprint density at radius 3 is 2.36 bits per heavy atom. The molecule has 0 unspecified atom stereocenters. The van der Waals surface area contributed by atoms with Crippen LogP contribution in [-0.2, 0) is 4.79 Å². The standard InChI is InChI=1S/C19H16N4O.C10H15NO/c1-13-22-17(18-19(20)21-11-12-23(13)18)14-7-9-16(10-8-14)24-15-5-3-2-4-6-15;1-4-9(12)11-5-7-8(6-11)10(7,2)3/h2-12H,1H3,(H2,20,21);4,7-8H,1,5-6H2,2-3H3/t;7-,8+. The Hall–Kier alpha value is -4.13. The van der Waals surface area contributed by atoms with Crippen molar-refractivity contribution in [1.29, 1.82) is 0 Å². The van der Waals surface area contributed by atoms with Gasteiger partial charge >= 0.3 is 0 Å². The van der Waals surface area contributed by atoms with E-state index < -0.39 is 0 Å². The molecule has 1 saturated heterocycles. The predicted octanol–water partition coefficient (Wildman–Crippen LogP) is 5.37. The number of ether oxygens (including phenoxy) is 1. The number of para-hydroxylation sites is 1. The molecule has 7 nitrogen and oxygen atoms in total. The number of rotatable bonds is 4. The van der Waals surface area contributed by atoms with Gasteiger partial charge in [0, 0.05) is 31.0 Å². The lowest BCUT2D eigenvalue weighted by atomic mass is 10.1. The number of amides is 1. The van der Waals surface area contributed by atoms with Gasteiger partial charge in [-0.3, -0.25) is 9.20 Å². The van der Waals surface area contributed by atoms with E-state index in [0.29, 0.717) is 11.2 Å². The van der Waals surface area contributed by atoms with E-state index in [9.17, 15) is 4.79 Å². The van der Waals surface area contributed by atoms with Gasteiger partial charge in [0.05, 0.1) is 0 Å². The van der Waals surface area contributed by atoms with Crippen molar-refractivity contribution in [2.24, 2.45) is 17.3 Å². The number of piperidine rings is 1. The Morgan fingerprint density at radius 2 is 1.72 bits per heavy atom. The molecule has 0 radical (unpaired) electrons. The summed E-state index contributed by atoms with van der Waals surface area (Å²) in [5, 5.41) is 0. The summed E-state index contributed by atoms with van der Waals surface area (Å²) in [4.78, 5) is 21.9. The fourth-order valence-corrected chi connectivity index (χ4v) is 5.16. The molecule has 2 aliphatic rings. The second-order valence-corrected chi connectivity index (χ2v) is 9.96. The highest BCUT2D eigenvalue weighted by molar-refractivity contribution is 5.87. The van der Waals surface area contributed by atoms with Crippen molar-refractivity contribution in [3.8, 4) is 22.8 Å². The largest absolute Gasteiger partial charge is 0.457 e. The van der Waals surface area contributed by atoms with E-state index in [1.165, 1.54) is 6.08 Å². The number of benzene rings is 2. The van der Waals surface area contributed by atoms with Crippen molar-refractivity contribution in [2.75, 3.05) is 18.8 Å². The zero-order valence-corrected chi connectivity index (χ0v) is 20.9. The number of nitrogens with zero attached hydrogens (tertiary/aromatic N) is 4. The molecule has 0 bridgehead atoms. The first-order valence-corrected chi connectivity index (χ1v) is 12.1. The number of hydrogen-bond donors (Lipinski definition) is 1. The highest BCUT2D eigenvalue weighted by Gasteiger charge is 2.62. The molecular weight excluding hydrogens is 450 g/mol. The number of carbonyl (C=O) groups excluding carboxylic acids is 1. The maximum absolute atomic E-state index is 11.2. The molecule has 6 rings (SSSR count). The van der Waals surface area contributed by atoms with Crippen molar-refractivity contribution in [2.45, 2.75) is 20.8 Å². The van der Waals surface area contributed by atoms with Gasteiger partial charge in [0.15, 0.2) is 0 Å². The molecule has 184 valence electrons. The summed E-state index contributed by atoms with van der Waals surface area (Å²) in [5.74, 6) is 4.52. The average Bonchev–Trinajstić information content (AvgIpc) is 3.25. The van der Waals surface area contributed by atoms with Gasteiger partial charge in [-0.15, -0.1) is 0 Å². The molecular formula is C29H31N5O2. The Balaban J connectivity index is 0.000000186. The molecule has 2 N–H and O–H groups in total. The first kappa shape index (κ1) is 23.6. The lowest BCUT2D eigenvalue weighted by Gasteiger charge is -2.20. The minimum absolute atomic E-state index is 0.0954. The number of nitrogen functional groups attached to an aromatic ring is 1. The van der Waals surface area contributed by atoms with Crippen LogP contribution in [0.1, 0.15) is 19.7 Å². The van der Waals surface area contributed by atoms with Crippen LogP contribution < -0.4 is 10.5 Å². The van der Waals surface area contributed by atoms with Crippen molar-refractivity contribution >= 4 is 17.2 Å². The van der Waals surface area contributed by atoms with Gasteiger partial charge in [-0.05, 0) is 66.6 Å². The fourth-order valence-electron chi connectivity index (χ4n) is 5.16. The van der Waals surface area contributed by atoms with E-state index >= 15 is 0 Å². The van der Waals surface area contributed by atoms with Gasteiger partial charge in [0.2, 0.25) is 5.91 Å². The van der Waals surface area contributed by atoms with E-state index in [1.54, 1.807) is 6.20 Å². The van der Waals surface area contributed by atoms with Crippen LogP contribution in [0.5, 0.6) is 11.5 Å². The van der Waals surface area contributed by atoms with Crippen LogP contribution in [0.25, 0.3) is 16.8 Å². The molecule has 1 amide bonds. The zero-order chi connectivity index (χ0) is 25.4. The van der Waals surface area contributed by atoms with Gasteiger partial charge in [0.25, 0.3) is 0 Å². The van der Waals surface area contributed by atoms with E-state index in [1.807, 2.05) is 77.0 Å². The predicted molar refractivity (Wildman–Crippen MR) is 142 cm³/mol. The second-order valence-electron chi connectivity index (χ2n) is 9.96. The topological polar surface area (TPSA) is 85.8 Å². The van der Waals surface area contributed by atoms with Crippen LogP contribution in [0.3, 0.4) is 0 Å². The van der Waals surface area contributed by atoms with E-state index in [4.69, 9.17) is 10.5 Å². The number of aromatic nitrogens is 3. The van der Waals surface area contributed by atoms with E-state index in [2.05, 4.69) is 30.4 Å². The van der Waals surface area contributed by atoms with Crippen LogP contribution in [0.2, 0.25) is 0 Å². The first-order valence-electron chi connectivity index (χ1n) is 12.1. The maximum atomic E-state index is 11.2. The molecule has 1 aliphatic carbocycles. The summed E-state index contributed by atoms with van der Waals surface area (Å²) in [6.07, 6.45) is 4.96. The second kappa shape index (κ2) is 9.15. The number of nitrogens with two attached hydrogens (primary N) is 1. The van der Waals surface area contributed by atoms with E-state index in [0.717, 1.165) is 59.0 Å². The minimum Gasteiger partial charge on any atom is -0.457 e. The third-order valence-electron chi connectivity index (χ3n) is 7.47. The quantitative estimate of drug-likeness (QED) is 0.396. The van der Waals surface area contributed by atoms with Gasteiger partial charge in [0.1, 0.15) is 34.4 Å². The first-order chi connectivity index (χ1) is 17.3. The lowest BCUT2D eigenvalue weighted by Crippen LogP contribution is -2.31. The Morgan fingerprint density at radius 1 is 1.08 bits per heavy atom. The van der Waals surface area contributed by atoms with E-state index in [-0.39, 0.29) is 5.91 Å². The maximum Gasteiger partial charge on any atom is 0.245 e. The third-order valence-corrected chi connectivity index (χ3v) is 7.47. The molecule has 2 fully saturated rings. The molecule has 2 aromatic heterocycles. The number of imidazole rings is 1. The minimum atomic E-state index is 0.0954. The molecule has 2 aromatic carbocycles. The summed E-state index contributed by atoms with van der Waals surface area (Å²) >= 11 is 0. The summed E-state index contributed by atoms with van der Waals surface area (Å²) in [7, 11) is 0. The fraction of sp³-hybridized carbons (Fsp3) is 0.276. The van der Waals surface area contributed by atoms with Crippen molar-refractivity contribution in [1.82, 2.24) is 19.3 Å². The molecule has 2 atom stereocenters. The van der Waals surface area contributed by atoms with Gasteiger partial charge in [-0.1, -0.05) is 38.6 Å². The molecule has 4 aromatic rings. The summed E-state index contributed by atoms with van der Waals surface area (Å²) in [6, 6.07) is 17.5. The lowest BCUT2D eigenvalue weighted by molar-refractivity contribution is -0.125. The van der Waals surface area contributed by atoms with Crippen LogP contribution in [-0.4, -0.2) is 38.3 Å². The van der Waals surface area contributed by atoms with Crippen LogP contribution in [0.15, 0.2) is 79.6 Å². The summed E-state index contributed by atoms with van der Waals surface area (Å²) < 4.78 is 7.77. The molecule has 3 heterocycles. The molecule has 36 heavy (non-hydrogen) atoms. The van der Waals surface area contributed by atoms with Crippen molar-refractivity contribution in [3.63, 3.8) is 0 Å². The van der Waals surface area contributed by atoms with Crippen molar-refractivity contribution in [3.05, 3.63) is 85.5 Å². The van der Waals surface area contributed by atoms with Gasteiger partial charge < -0.3 is 15.4 Å². The number of likely N-dealkylation sites (tertiary alicyclic amines) is 1. The molecule has 1 saturated carbocycles. The number of aryl methyl sites for hydroxylation is 1. The Labute approximate surface area is 211 Å². The molecule has 1 aliphatic heterocycles. The number of carbonyl (C=O) groups is 1. The molecule has 0 spiro atoms. The smallest absolute Gasteiger partial charge is 0.245 e. The number of hydrogen-bond acceptors (Lipinski definition) is 5. The number of anilines is 1. The van der Waals surface area contributed by atoms with Crippen LogP contribution in [0.4, 0.5) is 5.82 Å². The highest BCUT2D eigenvalue weighted by atomic mass is 16.5. The van der Waals surface area contributed by atoms with Gasteiger partial charge in [-0.25, -0.2) is 9.97 Å². The number of fused-ring (bicyclic) bond motifs is 2. The Kier molecular flexibility index (Phi) is 6.00.